The molecule has 0 aliphatic carbocycles. The van der Waals surface area contributed by atoms with Crippen molar-refractivity contribution in [1.82, 2.24) is 0 Å². The molecule has 2 atom stereocenters. The Morgan fingerprint density at radius 3 is 2.73 bits per heavy atom. The lowest BCUT2D eigenvalue weighted by atomic mass is 10.1. The largest absolute Gasteiger partial charge is 0.323 e. The van der Waals surface area contributed by atoms with Crippen LogP contribution in [-0.2, 0) is 0 Å². The van der Waals surface area contributed by atoms with Crippen LogP contribution in [0.4, 0.5) is 0 Å². The first-order valence-corrected chi connectivity index (χ1v) is 6.62. The Morgan fingerprint density at radius 1 is 1.40 bits per heavy atom. The number of rotatable bonds is 5. The minimum Gasteiger partial charge on any atom is -0.323 e. The van der Waals surface area contributed by atoms with Crippen LogP contribution in [0, 0.1) is 6.92 Å². The third-order valence-electron chi connectivity index (χ3n) is 2.61. The van der Waals surface area contributed by atoms with Crippen molar-refractivity contribution in [3.05, 3.63) is 35.4 Å². The summed E-state index contributed by atoms with van der Waals surface area (Å²) in [6, 6.07) is 8.66. The highest BCUT2D eigenvalue weighted by Crippen LogP contribution is 2.21. The van der Waals surface area contributed by atoms with E-state index in [2.05, 4.69) is 45.0 Å². The summed E-state index contributed by atoms with van der Waals surface area (Å²) < 4.78 is 0. The van der Waals surface area contributed by atoms with Crippen molar-refractivity contribution in [1.29, 1.82) is 0 Å². The van der Waals surface area contributed by atoms with Crippen LogP contribution in [0.25, 0.3) is 0 Å². The molecule has 0 fully saturated rings. The predicted molar refractivity (Wildman–Crippen MR) is 70.3 cm³/mol. The molecule has 1 aromatic carbocycles. The molecular formula is C13H21NS. The SMILES string of the molecule is CCC(C)SCC(N)c1cccc(C)c1. The molecule has 1 rings (SSSR count). The monoisotopic (exact) mass is 223 g/mol. The van der Waals surface area contributed by atoms with Gasteiger partial charge in [0, 0.05) is 17.0 Å². The third-order valence-corrected chi connectivity index (χ3v) is 4.06. The molecular weight excluding hydrogens is 202 g/mol. The van der Waals surface area contributed by atoms with Crippen molar-refractivity contribution in [2.45, 2.75) is 38.5 Å². The highest BCUT2D eigenvalue weighted by atomic mass is 32.2. The maximum atomic E-state index is 6.15. The quantitative estimate of drug-likeness (QED) is 0.826. The summed E-state index contributed by atoms with van der Waals surface area (Å²) >= 11 is 1.96. The van der Waals surface area contributed by atoms with E-state index in [9.17, 15) is 0 Å². The van der Waals surface area contributed by atoms with Crippen LogP contribution in [0.3, 0.4) is 0 Å². The van der Waals surface area contributed by atoms with Crippen LogP contribution in [0.15, 0.2) is 24.3 Å². The van der Waals surface area contributed by atoms with Gasteiger partial charge in [0.25, 0.3) is 0 Å². The lowest BCUT2D eigenvalue weighted by Crippen LogP contribution is -2.14. The molecule has 1 nitrogen and oxygen atoms in total. The van der Waals surface area contributed by atoms with Crippen molar-refractivity contribution < 1.29 is 0 Å². The van der Waals surface area contributed by atoms with Gasteiger partial charge in [-0.25, -0.2) is 0 Å². The van der Waals surface area contributed by atoms with Crippen LogP contribution in [-0.4, -0.2) is 11.0 Å². The van der Waals surface area contributed by atoms with Gasteiger partial charge in [-0.05, 0) is 18.9 Å². The second-order valence-electron chi connectivity index (χ2n) is 4.07. The normalized spacial score (nSPS) is 14.9. The zero-order chi connectivity index (χ0) is 11.3. The van der Waals surface area contributed by atoms with Crippen molar-refractivity contribution in [3.8, 4) is 0 Å². The lowest BCUT2D eigenvalue weighted by Gasteiger charge is -2.15. The van der Waals surface area contributed by atoms with Gasteiger partial charge in [-0.15, -0.1) is 0 Å². The van der Waals surface area contributed by atoms with Gasteiger partial charge in [0.05, 0.1) is 0 Å². The first kappa shape index (κ1) is 12.6. The number of benzene rings is 1. The lowest BCUT2D eigenvalue weighted by molar-refractivity contribution is 0.819. The van der Waals surface area contributed by atoms with Crippen molar-refractivity contribution >= 4 is 11.8 Å². The Balaban J connectivity index is 2.50. The fourth-order valence-electron chi connectivity index (χ4n) is 1.38. The Kier molecular flexibility index (Phi) is 5.20. The van der Waals surface area contributed by atoms with Gasteiger partial charge in [0.1, 0.15) is 0 Å². The molecule has 15 heavy (non-hydrogen) atoms. The molecule has 0 radical (unpaired) electrons. The van der Waals surface area contributed by atoms with Gasteiger partial charge >= 0.3 is 0 Å². The van der Waals surface area contributed by atoms with E-state index in [1.165, 1.54) is 17.5 Å². The number of nitrogens with two attached hydrogens (primary N) is 1. The minimum absolute atomic E-state index is 0.170. The van der Waals surface area contributed by atoms with E-state index in [0.717, 1.165) is 5.75 Å². The van der Waals surface area contributed by atoms with E-state index < -0.39 is 0 Å². The number of thioether (sulfide) groups is 1. The average molecular weight is 223 g/mol. The smallest absolute Gasteiger partial charge is 0.0386 e. The third kappa shape index (κ3) is 4.27. The maximum absolute atomic E-state index is 6.15. The van der Waals surface area contributed by atoms with Gasteiger partial charge < -0.3 is 5.73 Å². The predicted octanol–water partition coefficient (Wildman–Crippen LogP) is 3.53. The number of aryl methyl sites for hydroxylation is 1. The molecule has 1 aromatic rings. The fraction of sp³-hybridized carbons (Fsp3) is 0.538. The van der Waals surface area contributed by atoms with Crippen LogP contribution in [0.2, 0.25) is 0 Å². The van der Waals surface area contributed by atoms with Gasteiger partial charge in [0.15, 0.2) is 0 Å². The van der Waals surface area contributed by atoms with E-state index >= 15 is 0 Å². The van der Waals surface area contributed by atoms with Gasteiger partial charge in [-0.2, -0.15) is 11.8 Å². The molecule has 0 saturated heterocycles. The zero-order valence-electron chi connectivity index (χ0n) is 9.86. The van der Waals surface area contributed by atoms with Crippen LogP contribution in [0.5, 0.6) is 0 Å². The van der Waals surface area contributed by atoms with E-state index in [0.29, 0.717) is 5.25 Å². The molecule has 0 aliphatic rings. The zero-order valence-corrected chi connectivity index (χ0v) is 10.7. The Bertz CT molecular complexity index is 298. The summed E-state index contributed by atoms with van der Waals surface area (Å²) in [6.45, 7) is 6.58. The standard InChI is InChI=1S/C13H21NS/c1-4-11(3)15-9-13(14)12-7-5-6-10(2)8-12/h5-8,11,13H,4,9,14H2,1-3H3. The summed E-state index contributed by atoms with van der Waals surface area (Å²) in [5.41, 5.74) is 8.69. The molecule has 0 saturated carbocycles. The number of hydrogen-bond donors (Lipinski definition) is 1. The summed E-state index contributed by atoms with van der Waals surface area (Å²) in [6.07, 6.45) is 1.21. The molecule has 0 spiro atoms. The second-order valence-corrected chi connectivity index (χ2v) is 5.54. The van der Waals surface area contributed by atoms with E-state index in [1.807, 2.05) is 11.8 Å². The topological polar surface area (TPSA) is 26.0 Å². The first-order chi connectivity index (χ1) is 7.13. The Morgan fingerprint density at radius 2 is 2.13 bits per heavy atom. The van der Waals surface area contributed by atoms with Gasteiger partial charge in [-0.1, -0.05) is 43.7 Å². The fourth-order valence-corrected chi connectivity index (χ4v) is 2.35. The Labute approximate surface area is 97.4 Å². The van der Waals surface area contributed by atoms with Gasteiger partial charge in [0.2, 0.25) is 0 Å². The summed E-state index contributed by atoms with van der Waals surface area (Å²) in [7, 11) is 0. The van der Waals surface area contributed by atoms with E-state index in [4.69, 9.17) is 5.73 Å². The molecule has 0 heterocycles. The summed E-state index contributed by atoms with van der Waals surface area (Å²) in [4.78, 5) is 0. The van der Waals surface area contributed by atoms with E-state index in [1.54, 1.807) is 0 Å². The molecule has 2 heteroatoms. The van der Waals surface area contributed by atoms with Crippen molar-refractivity contribution in [2.24, 2.45) is 5.73 Å². The van der Waals surface area contributed by atoms with Crippen molar-refractivity contribution in [2.75, 3.05) is 5.75 Å². The van der Waals surface area contributed by atoms with Crippen LogP contribution >= 0.6 is 11.8 Å². The van der Waals surface area contributed by atoms with Crippen LogP contribution < -0.4 is 5.73 Å². The van der Waals surface area contributed by atoms with Crippen molar-refractivity contribution in [3.63, 3.8) is 0 Å². The molecule has 0 bridgehead atoms. The Hall–Kier alpha value is -0.470. The number of hydrogen-bond acceptors (Lipinski definition) is 2. The van der Waals surface area contributed by atoms with Crippen LogP contribution in [0.1, 0.15) is 37.4 Å². The molecule has 2 unspecified atom stereocenters. The maximum Gasteiger partial charge on any atom is 0.0386 e. The highest BCUT2D eigenvalue weighted by Gasteiger charge is 2.08. The highest BCUT2D eigenvalue weighted by molar-refractivity contribution is 7.99. The summed E-state index contributed by atoms with van der Waals surface area (Å²) in [5.74, 6) is 1.01. The molecule has 84 valence electrons. The molecule has 0 aromatic heterocycles. The molecule has 0 amide bonds. The molecule has 0 aliphatic heterocycles. The second kappa shape index (κ2) is 6.19. The first-order valence-electron chi connectivity index (χ1n) is 5.57. The molecule has 2 N–H and O–H groups in total. The summed E-state index contributed by atoms with van der Waals surface area (Å²) in [5, 5.41) is 0.709. The van der Waals surface area contributed by atoms with E-state index in [-0.39, 0.29) is 6.04 Å². The minimum atomic E-state index is 0.170. The van der Waals surface area contributed by atoms with Gasteiger partial charge in [-0.3, -0.25) is 0 Å². The average Bonchev–Trinajstić information content (AvgIpc) is 2.25.